The number of fused-ring (bicyclic) bond motifs is 4. The van der Waals surface area contributed by atoms with E-state index in [1.807, 2.05) is 16.8 Å². The van der Waals surface area contributed by atoms with E-state index < -0.39 is 23.7 Å². The van der Waals surface area contributed by atoms with Crippen LogP contribution < -0.4 is 0 Å². The van der Waals surface area contributed by atoms with Crippen LogP contribution in [-0.4, -0.2) is 146 Å². The average Bonchev–Trinajstić information content (AvgIpc) is 3.74. The van der Waals surface area contributed by atoms with Gasteiger partial charge in [0.25, 0.3) is 0 Å². The lowest BCUT2D eigenvalue weighted by Gasteiger charge is -2.36. The number of methoxy groups -OCH3 is 1. The molecule has 12 heteroatoms. The fourth-order valence-corrected chi connectivity index (χ4v) is 7.21. The van der Waals surface area contributed by atoms with Gasteiger partial charge in [0.15, 0.2) is 0 Å². The molecule has 1 N–H and O–H groups in total. The van der Waals surface area contributed by atoms with Crippen molar-refractivity contribution in [2.75, 3.05) is 73.6 Å². The number of likely N-dealkylation sites (N-methyl/N-ethyl adjacent to an activating group) is 2. The summed E-state index contributed by atoms with van der Waals surface area (Å²) >= 11 is 0. The quantitative estimate of drug-likeness (QED) is 0.452. The van der Waals surface area contributed by atoms with Gasteiger partial charge in [0.2, 0.25) is 11.8 Å². The summed E-state index contributed by atoms with van der Waals surface area (Å²) in [6.45, 7) is 6.32. The summed E-state index contributed by atoms with van der Waals surface area (Å²) in [6, 6.07) is 0. The number of hydrogen-bond donors (Lipinski definition) is 1. The number of nitrogens with zero attached hydrogens (tertiary/aromatic N) is 4. The predicted molar refractivity (Wildman–Crippen MR) is 138 cm³/mol. The Bertz CT molecular complexity index is 948. The summed E-state index contributed by atoms with van der Waals surface area (Å²) in [7, 11) is 5.47. The van der Waals surface area contributed by atoms with Gasteiger partial charge in [-0.2, -0.15) is 0 Å². The molecular formula is C27H42N4O8. The van der Waals surface area contributed by atoms with Crippen LogP contribution in [0, 0.1) is 23.7 Å². The molecule has 6 saturated heterocycles. The van der Waals surface area contributed by atoms with Crippen molar-refractivity contribution in [1.82, 2.24) is 19.6 Å². The van der Waals surface area contributed by atoms with Gasteiger partial charge in [-0.05, 0) is 39.8 Å². The highest BCUT2D eigenvalue weighted by Gasteiger charge is 2.57. The molecule has 6 heterocycles. The molecule has 218 valence electrons. The van der Waals surface area contributed by atoms with Gasteiger partial charge in [0.05, 0.1) is 55.2 Å². The molecule has 0 radical (unpaired) electrons. The third-order valence-corrected chi connectivity index (χ3v) is 9.51. The average molecular weight is 551 g/mol. The molecule has 6 fully saturated rings. The van der Waals surface area contributed by atoms with Crippen LogP contribution in [0.3, 0.4) is 0 Å². The maximum atomic E-state index is 12.7. The molecule has 0 aromatic carbocycles. The van der Waals surface area contributed by atoms with Crippen LogP contribution in [0.5, 0.6) is 0 Å². The van der Waals surface area contributed by atoms with Gasteiger partial charge in [-0.15, -0.1) is 0 Å². The number of amides is 2. The van der Waals surface area contributed by atoms with E-state index in [1.54, 1.807) is 0 Å². The molecule has 0 saturated carbocycles. The Hall–Kier alpha value is -2.28. The van der Waals surface area contributed by atoms with Gasteiger partial charge >= 0.3 is 11.9 Å². The first-order valence-corrected chi connectivity index (χ1v) is 14.3. The van der Waals surface area contributed by atoms with E-state index in [9.17, 15) is 24.3 Å². The molecule has 2 amide bonds. The normalized spacial score (nSPS) is 37.9. The lowest BCUT2D eigenvalue weighted by molar-refractivity contribution is -0.154. The highest BCUT2D eigenvalue weighted by molar-refractivity contribution is 5.88. The first-order valence-electron chi connectivity index (χ1n) is 14.3. The first-order chi connectivity index (χ1) is 18.7. The molecule has 0 aromatic rings. The van der Waals surface area contributed by atoms with E-state index in [0.29, 0.717) is 13.1 Å². The molecular weight excluding hydrogens is 508 g/mol. The lowest BCUT2D eigenvalue weighted by atomic mass is 9.78. The molecule has 4 bridgehead atoms. The maximum absolute atomic E-state index is 12.7. The van der Waals surface area contributed by atoms with Crippen molar-refractivity contribution in [3.05, 3.63) is 0 Å². The highest BCUT2D eigenvalue weighted by Crippen LogP contribution is 2.45. The maximum Gasteiger partial charge on any atom is 0.312 e. The Balaban J connectivity index is 0.000000158. The van der Waals surface area contributed by atoms with Crippen molar-refractivity contribution in [2.24, 2.45) is 23.7 Å². The third-order valence-electron chi connectivity index (χ3n) is 9.51. The van der Waals surface area contributed by atoms with Crippen molar-refractivity contribution in [1.29, 1.82) is 0 Å². The minimum atomic E-state index is -0.889. The second kappa shape index (κ2) is 11.7. The molecule has 12 nitrogen and oxygen atoms in total. The zero-order chi connectivity index (χ0) is 27.8. The number of aliphatic carboxylic acids is 1. The van der Waals surface area contributed by atoms with Crippen molar-refractivity contribution in [3.63, 3.8) is 0 Å². The number of carboxylic acid groups (broad SMARTS) is 1. The van der Waals surface area contributed by atoms with E-state index in [1.165, 1.54) is 7.11 Å². The molecule has 6 aliphatic heterocycles. The van der Waals surface area contributed by atoms with Crippen LogP contribution in [0.25, 0.3) is 0 Å². The fraction of sp³-hybridized carbons (Fsp3) is 0.852. The topological polar surface area (TPSA) is 129 Å². The van der Waals surface area contributed by atoms with Crippen molar-refractivity contribution in [3.8, 4) is 0 Å². The second-order valence-electron chi connectivity index (χ2n) is 11.8. The third kappa shape index (κ3) is 5.53. The zero-order valence-electron chi connectivity index (χ0n) is 23.2. The minimum absolute atomic E-state index is 0.0206. The summed E-state index contributed by atoms with van der Waals surface area (Å²) < 4.78 is 16.3. The van der Waals surface area contributed by atoms with E-state index in [4.69, 9.17) is 14.2 Å². The molecule has 6 aliphatic rings. The summed E-state index contributed by atoms with van der Waals surface area (Å²) in [5.74, 6) is -3.01. The van der Waals surface area contributed by atoms with Gasteiger partial charge in [-0.1, -0.05) is 0 Å². The zero-order valence-corrected chi connectivity index (χ0v) is 23.2. The van der Waals surface area contributed by atoms with Crippen LogP contribution in [0.1, 0.15) is 25.7 Å². The van der Waals surface area contributed by atoms with Crippen LogP contribution in [0.2, 0.25) is 0 Å². The monoisotopic (exact) mass is 550 g/mol. The number of ether oxygens (including phenoxy) is 3. The van der Waals surface area contributed by atoms with E-state index >= 15 is 0 Å². The van der Waals surface area contributed by atoms with Gasteiger partial charge in [-0.3, -0.25) is 19.2 Å². The Morgan fingerprint density at radius 3 is 1.36 bits per heavy atom. The predicted octanol–water partition coefficient (Wildman–Crippen LogP) is -0.634. The number of hydrogen-bond acceptors (Lipinski definition) is 9. The summed E-state index contributed by atoms with van der Waals surface area (Å²) in [4.78, 5) is 56.8. The van der Waals surface area contributed by atoms with Gasteiger partial charge in [-0.25, -0.2) is 0 Å². The number of piperazine rings is 2. The molecule has 6 rings (SSSR count). The number of carbonyl (C=O) groups excluding carboxylic acids is 3. The Morgan fingerprint density at radius 2 is 0.974 bits per heavy atom. The number of carboxylic acids is 1. The van der Waals surface area contributed by atoms with Gasteiger partial charge in [0, 0.05) is 52.4 Å². The molecule has 0 spiro atoms. The van der Waals surface area contributed by atoms with E-state index in [2.05, 4.69) is 16.8 Å². The van der Waals surface area contributed by atoms with Crippen LogP contribution in [0.15, 0.2) is 0 Å². The lowest BCUT2D eigenvalue weighted by Crippen LogP contribution is -2.52. The SMILES string of the molecule is CN1CCN(C(=O)C2C3CCC(O3)C2C(=O)O)CC1.COC(=O)C1C2CCC(O2)C1C(=O)N1CCN(C)CC1. The standard InChI is InChI=1S/C14H22N2O4.C13H20N2O4/c1-15-5-7-16(8-6-15)13(17)11-9-3-4-10(20-9)12(11)14(18)19-2;1-14-4-6-15(7-5-14)12(16)10-8-2-3-9(19-8)11(10)13(17)18/h9-12H,3-8H2,1-2H3;8-11H,2-7H2,1H3,(H,17,18). The van der Waals surface area contributed by atoms with Crippen molar-refractivity contribution >= 4 is 23.8 Å². The Kier molecular flexibility index (Phi) is 8.46. The highest BCUT2D eigenvalue weighted by atomic mass is 16.5. The molecule has 0 aliphatic carbocycles. The van der Waals surface area contributed by atoms with E-state index in [0.717, 1.165) is 65.0 Å². The molecule has 8 unspecified atom stereocenters. The van der Waals surface area contributed by atoms with Crippen LogP contribution >= 0.6 is 0 Å². The Labute approximate surface area is 229 Å². The number of rotatable bonds is 4. The molecule has 39 heavy (non-hydrogen) atoms. The van der Waals surface area contributed by atoms with Gasteiger partial charge < -0.3 is 38.9 Å². The number of carbonyl (C=O) groups is 4. The van der Waals surface area contributed by atoms with Crippen LogP contribution in [-0.2, 0) is 33.4 Å². The fourth-order valence-electron chi connectivity index (χ4n) is 7.21. The van der Waals surface area contributed by atoms with E-state index in [-0.39, 0.29) is 48.1 Å². The van der Waals surface area contributed by atoms with Crippen LogP contribution in [0.4, 0.5) is 0 Å². The van der Waals surface area contributed by atoms with Crippen molar-refractivity contribution in [2.45, 2.75) is 50.1 Å². The smallest absolute Gasteiger partial charge is 0.312 e. The summed E-state index contributed by atoms with van der Waals surface area (Å²) in [5, 5.41) is 9.34. The summed E-state index contributed by atoms with van der Waals surface area (Å²) in [5.41, 5.74) is 0. The second-order valence-corrected chi connectivity index (χ2v) is 11.8. The molecule has 8 atom stereocenters. The minimum Gasteiger partial charge on any atom is -0.481 e. The Morgan fingerprint density at radius 1 is 0.615 bits per heavy atom. The first kappa shape index (κ1) is 28.3. The van der Waals surface area contributed by atoms with Gasteiger partial charge in [0.1, 0.15) is 0 Å². The summed E-state index contributed by atoms with van der Waals surface area (Å²) in [6.07, 6.45) is 2.65. The number of esters is 1. The van der Waals surface area contributed by atoms with Crippen molar-refractivity contribution < 1.29 is 38.5 Å². The molecule has 0 aromatic heterocycles. The largest absolute Gasteiger partial charge is 0.481 e.